The van der Waals surface area contributed by atoms with Gasteiger partial charge in [-0.25, -0.2) is 0 Å². The molecule has 2 N–H and O–H groups in total. The number of methoxy groups -OCH3 is 1. The second kappa shape index (κ2) is 6.12. The molecule has 1 aliphatic carbocycles. The van der Waals surface area contributed by atoms with Gasteiger partial charge in [0.2, 0.25) is 0 Å². The second-order valence-electron chi connectivity index (χ2n) is 5.98. The molecule has 4 heteroatoms. The summed E-state index contributed by atoms with van der Waals surface area (Å²) in [5, 5.41) is 21.5. The summed E-state index contributed by atoms with van der Waals surface area (Å²) in [6.45, 7) is 0.662. The van der Waals surface area contributed by atoms with Gasteiger partial charge in [-0.15, -0.1) is 0 Å². The van der Waals surface area contributed by atoms with Crippen molar-refractivity contribution in [3.63, 3.8) is 0 Å². The fourth-order valence-corrected chi connectivity index (χ4v) is 3.20. The first-order chi connectivity index (χ1) is 9.47. The zero-order valence-corrected chi connectivity index (χ0v) is 12.5. The van der Waals surface area contributed by atoms with Crippen LogP contribution >= 0.6 is 0 Å². The molecule has 112 valence electrons. The summed E-state index contributed by atoms with van der Waals surface area (Å²) < 4.78 is 5.25. The Morgan fingerprint density at radius 1 is 1.40 bits per heavy atom. The van der Waals surface area contributed by atoms with E-state index < -0.39 is 11.7 Å². The maximum Gasteiger partial charge on any atom is 0.119 e. The van der Waals surface area contributed by atoms with Crippen molar-refractivity contribution >= 4 is 0 Å². The zero-order valence-electron chi connectivity index (χ0n) is 12.5. The largest absolute Gasteiger partial charge is 0.497 e. The molecule has 1 aromatic carbocycles. The molecule has 20 heavy (non-hydrogen) atoms. The number of aliphatic hydroxyl groups is 2. The lowest BCUT2D eigenvalue weighted by atomic mass is 9.69. The molecule has 0 radical (unpaired) electrons. The normalized spacial score (nSPS) is 30.5. The topological polar surface area (TPSA) is 52.9 Å². The summed E-state index contributed by atoms with van der Waals surface area (Å²) in [7, 11) is 5.55. The summed E-state index contributed by atoms with van der Waals surface area (Å²) in [5.74, 6) is 0.554. The molecule has 1 saturated carbocycles. The molecule has 4 nitrogen and oxygen atoms in total. The van der Waals surface area contributed by atoms with Gasteiger partial charge in [-0.2, -0.15) is 0 Å². The van der Waals surface area contributed by atoms with Crippen molar-refractivity contribution < 1.29 is 14.9 Å². The minimum Gasteiger partial charge on any atom is -0.497 e. The maximum atomic E-state index is 11.2. The summed E-state index contributed by atoms with van der Waals surface area (Å²) >= 11 is 0. The van der Waals surface area contributed by atoms with Crippen LogP contribution < -0.4 is 4.74 Å². The predicted molar refractivity (Wildman–Crippen MR) is 78.8 cm³/mol. The van der Waals surface area contributed by atoms with Crippen LogP contribution in [0.4, 0.5) is 0 Å². The molecule has 2 rings (SSSR count). The number of ether oxygens (including phenoxy) is 1. The Bertz CT molecular complexity index is 449. The van der Waals surface area contributed by atoms with Crippen molar-refractivity contribution in [2.24, 2.45) is 5.92 Å². The van der Waals surface area contributed by atoms with E-state index in [9.17, 15) is 10.2 Å². The summed E-state index contributed by atoms with van der Waals surface area (Å²) in [5.41, 5.74) is -0.154. The monoisotopic (exact) mass is 279 g/mol. The van der Waals surface area contributed by atoms with Gasteiger partial charge in [0.05, 0.1) is 18.8 Å². The van der Waals surface area contributed by atoms with E-state index in [2.05, 4.69) is 0 Å². The fourth-order valence-electron chi connectivity index (χ4n) is 3.20. The van der Waals surface area contributed by atoms with Gasteiger partial charge < -0.3 is 19.8 Å². The van der Waals surface area contributed by atoms with Gasteiger partial charge in [0.15, 0.2) is 0 Å². The molecule has 3 atom stereocenters. The van der Waals surface area contributed by atoms with Crippen molar-refractivity contribution in [2.75, 3.05) is 27.7 Å². The number of rotatable bonds is 4. The van der Waals surface area contributed by atoms with Gasteiger partial charge in [-0.05, 0) is 51.1 Å². The van der Waals surface area contributed by atoms with Crippen LogP contribution in [0.5, 0.6) is 5.75 Å². The zero-order chi connectivity index (χ0) is 14.8. The van der Waals surface area contributed by atoms with Gasteiger partial charge >= 0.3 is 0 Å². The minimum atomic E-state index is -0.990. The Balaban J connectivity index is 2.36. The highest BCUT2D eigenvalue weighted by atomic mass is 16.5. The summed E-state index contributed by atoms with van der Waals surface area (Å²) in [6.07, 6.45) is 1.79. The Labute approximate surface area is 121 Å². The van der Waals surface area contributed by atoms with Gasteiger partial charge in [0, 0.05) is 12.5 Å². The highest BCUT2D eigenvalue weighted by Gasteiger charge is 2.45. The van der Waals surface area contributed by atoms with E-state index in [1.54, 1.807) is 7.11 Å². The van der Waals surface area contributed by atoms with Crippen LogP contribution in [-0.4, -0.2) is 49.0 Å². The van der Waals surface area contributed by atoms with Crippen molar-refractivity contribution in [3.8, 4) is 5.75 Å². The van der Waals surface area contributed by atoms with Crippen LogP contribution in [0.2, 0.25) is 0 Å². The molecule has 0 saturated heterocycles. The van der Waals surface area contributed by atoms with Crippen LogP contribution in [0.1, 0.15) is 24.8 Å². The van der Waals surface area contributed by atoms with Crippen molar-refractivity contribution in [1.29, 1.82) is 0 Å². The molecule has 1 fully saturated rings. The summed E-state index contributed by atoms with van der Waals surface area (Å²) in [4.78, 5) is 2.02. The second-order valence-corrected chi connectivity index (χ2v) is 5.98. The van der Waals surface area contributed by atoms with E-state index in [-0.39, 0.29) is 5.92 Å². The van der Waals surface area contributed by atoms with Gasteiger partial charge in [-0.3, -0.25) is 0 Å². The molecule has 3 unspecified atom stereocenters. The smallest absolute Gasteiger partial charge is 0.119 e. The Kier molecular flexibility index (Phi) is 4.68. The Morgan fingerprint density at radius 2 is 2.15 bits per heavy atom. The van der Waals surface area contributed by atoms with Crippen molar-refractivity contribution in [2.45, 2.75) is 31.0 Å². The van der Waals surface area contributed by atoms with Crippen LogP contribution in [0.25, 0.3) is 0 Å². The molecule has 0 aromatic heterocycles. The average molecular weight is 279 g/mol. The third kappa shape index (κ3) is 2.97. The van der Waals surface area contributed by atoms with Crippen LogP contribution in [0.15, 0.2) is 24.3 Å². The number of nitrogens with zero attached hydrogens (tertiary/aromatic N) is 1. The molecule has 0 heterocycles. The lowest BCUT2D eigenvalue weighted by molar-refractivity contribution is -0.116. The quantitative estimate of drug-likeness (QED) is 0.879. The van der Waals surface area contributed by atoms with Crippen LogP contribution in [-0.2, 0) is 5.60 Å². The first kappa shape index (κ1) is 15.3. The van der Waals surface area contributed by atoms with Gasteiger partial charge in [0.1, 0.15) is 5.75 Å². The van der Waals surface area contributed by atoms with Crippen LogP contribution in [0, 0.1) is 5.92 Å². The third-order valence-electron chi connectivity index (χ3n) is 4.27. The van der Waals surface area contributed by atoms with Crippen LogP contribution in [0.3, 0.4) is 0 Å². The molecular weight excluding hydrogens is 254 g/mol. The van der Waals surface area contributed by atoms with E-state index in [4.69, 9.17) is 4.74 Å². The molecular formula is C16H25NO3. The molecule has 0 spiro atoms. The number of hydrogen-bond acceptors (Lipinski definition) is 4. The molecule has 1 aliphatic rings. The minimum absolute atomic E-state index is 0.182. The third-order valence-corrected chi connectivity index (χ3v) is 4.27. The predicted octanol–water partition coefficient (Wildman–Crippen LogP) is 1.61. The fraction of sp³-hybridized carbons (Fsp3) is 0.625. The average Bonchev–Trinajstić information content (AvgIpc) is 2.43. The lowest BCUT2D eigenvalue weighted by Crippen LogP contribution is -2.49. The Hall–Kier alpha value is -1.10. The van der Waals surface area contributed by atoms with Gasteiger partial charge in [-0.1, -0.05) is 12.1 Å². The first-order valence-electron chi connectivity index (χ1n) is 7.17. The van der Waals surface area contributed by atoms with E-state index in [0.717, 1.165) is 24.2 Å². The summed E-state index contributed by atoms with van der Waals surface area (Å²) in [6, 6.07) is 7.55. The lowest BCUT2D eigenvalue weighted by Gasteiger charge is -2.44. The van der Waals surface area contributed by atoms with E-state index >= 15 is 0 Å². The number of aliphatic hydroxyl groups excluding tert-OH is 1. The highest BCUT2D eigenvalue weighted by molar-refractivity contribution is 5.33. The maximum absolute atomic E-state index is 11.2. The molecule has 0 amide bonds. The standard InChI is InChI=1S/C16H25NO3/c1-17(2)11-14-15(18)8-5-9-16(14,19)12-6-4-7-13(10-12)20-3/h4,6-7,10,14-15,18-19H,5,8-9,11H2,1-3H3. The van der Waals surface area contributed by atoms with Gasteiger partial charge in [0.25, 0.3) is 0 Å². The SMILES string of the molecule is COc1cccc(C2(O)CCCC(O)C2CN(C)C)c1. The molecule has 0 bridgehead atoms. The Morgan fingerprint density at radius 3 is 2.80 bits per heavy atom. The molecule has 1 aromatic rings. The van der Waals surface area contributed by atoms with Crippen molar-refractivity contribution in [1.82, 2.24) is 4.90 Å². The van der Waals surface area contributed by atoms with E-state index in [1.807, 2.05) is 43.3 Å². The van der Waals surface area contributed by atoms with E-state index in [0.29, 0.717) is 13.0 Å². The highest BCUT2D eigenvalue weighted by Crippen LogP contribution is 2.42. The number of hydrogen-bond donors (Lipinski definition) is 2. The van der Waals surface area contributed by atoms with E-state index in [1.165, 1.54) is 0 Å². The van der Waals surface area contributed by atoms with Crippen molar-refractivity contribution in [3.05, 3.63) is 29.8 Å². The first-order valence-corrected chi connectivity index (χ1v) is 7.17. The number of benzene rings is 1. The molecule has 0 aliphatic heterocycles.